The molecular weight excluding hydrogens is 160 g/mol. The summed E-state index contributed by atoms with van der Waals surface area (Å²) in [6, 6.07) is 0. The van der Waals surface area contributed by atoms with Crippen molar-refractivity contribution in [2.75, 3.05) is 11.5 Å². The molecule has 0 N–H and O–H groups in total. The van der Waals surface area contributed by atoms with E-state index in [1.807, 2.05) is 13.8 Å². The predicted molar refractivity (Wildman–Crippen MR) is 50.5 cm³/mol. The molecule has 0 saturated heterocycles. The highest BCUT2D eigenvalue weighted by Crippen LogP contribution is 1.94. The van der Waals surface area contributed by atoms with E-state index in [-0.39, 0.29) is 0 Å². The molecule has 0 aliphatic rings. The van der Waals surface area contributed by atoms with Gasteiger partial charge in [0.05, 0.1) is 0 Å². The zero-order chi connectivity index (χ0) is 9.33. The van der Waals surface area contributed by atoms with Crippen molar-refractivity contribution in [2.45, 2.75) is 26.7 Å². The third-order valence-electron chi connectivity index (χ3n) is 1.03. The first-order valence-electron chi connectivity index (χ1n) is 3.82. The average Bonchev–Trinajstić information content (AvgIpc) is 1.91. The Morgan fingerprint density at radius 1 is 1.00 bits per heavy atom. The summed E-state index contributed by atoms with van der Waals surface area (Å²) in [5.74, 6) is 0.696. The lowest BCUT2D eigenvalue weighted by atomic mass is 10.6. The molecule has 0 spiro atoms. The van der Waals surface area contributed by atoms with Gasteiger partial charge in [0, 0.05) is 11.5 Å². The molecule has 68 valence electrons. The summed E-state index contributed by atoms with van der Waals surface area (Å²) in [7, 11) is -2.68. The Kier molecular flexibility index (Phi) is 9.42. The Morgan fingerprint density at radius 2 is 1.27 bits per heavy atom. The highest BCUT2D eigenvalue weighted by molar-refractivity contribution is 7.91. The first-order chi connectivity index (χ1) is 5.12. The highest BCUT2D eigenvalue weighted by atomic mass is 32.2. The highest BCUT2D eigenvalue weighted by Gasteiger charge is 2.05. The van der Waals surface area contributed by atoms with Gasteiger partial charge < -0.3 is 0 Å². The summed E-state index contributed by atoms with van der Waals surface area (Å²) in [4.78, 5) is 0. The first kappa shape index (κ1) is 13.3. The second-order valence-electron chi connectivity index (χ2n) is 2.15. The minimum absolute atomic E-state index is 0.348. The first-order valence-corrected chi connectivity index (χ1v) is 5.65. The van der Waals surface area contributed by atoms with E-state index in [0.717, 1.165) is 12.8 Å². The van der Waals surface area contributed by atoms with Crippen molar-refractivity contribution in [3.8, 4) is 0 Å². The van der Waals surface area contributed by atoms with Gasteiger partial charge in [-0.05, 0) is 12.8 Å². The molecule has 0 saturated carbocycles. The Hall–Kier alpha value is -0.310. The topological polar surface area (TPSA) is 34.1 Å². The average molecular weight is 178 g/mol. The van der Waals surface area contributed by atoms with Gasteiger partial charge in [-0.15, -0.1) is 13.2 Å². The molecule has 0 heterocycles. The van der Waals surface area contributed by atoms with E-state index in [2.05, 4.69) is 13.2 Å². The van der Waals surface area contributed by atoms with Crippen LogP contribution in [0.1, 0.15) is 26.7 Å². The lowest BCUT2D eigenvalue weighted by Crippen LogP contribution is -2.08. The van der Waals surface area contributed by atoms with Gasteiger partial charge in [-0.2, -0.15) is 0 Å². The van der Waals surface area contributed by atoms with Crippen molar-refractivity contribution in [3.63, 3.8) is 0 Å². The quantitative estimate of drug-likeness (QED) is 0.617. The van der Waals surface area contributed by atoms with Crippen LogP contribution in [0.2, 0.25) is 0 Å². The minimum Gasteiger partial charge on any atom is -0.229 e. The fourth-order valence-corrected chi connectivity index (χ4v) is 2.17. The molecule has 0 unspecified atom stereocenters. The Labute approximate surface area is 70.2 Å². The lowest BCUT2D eigenvalue weighted by molar-refractivity contribution is 0.593. The summed E-state index contributed by atoms with van der Waals surface area (Å²) in [6.07, 6.45) is 1.48. The van der Waals surface area contributed by atoms with Gasteiger partial charge in [0.1, 0.15) is 9.84 Å². The number of sulfone groups is 1. The van der Waals surface area contributed by atoms with Gasteiger partial charge >= 0.3 is 0 Å². The number of hydrogen-bond donors (Lipinski definition) is 0. The van der Waals surface area contributed by atoms with E-state index >= 15 is 0 Å². The molecule has 2 nitrogen and oxygen atoms in total. The molecule has 0 aliphatic heterocycles. The zero-order valence-corrected chi connectivity index (χ0v) is 8.28. The smallest absolute Gasteiger partial charge is 0.150 e. The summed E-state index contributed by atoms with van der Waals surface area (Å²) >= 11 is 0. The molecule has 0 amide bonds. The number of rotatable bonds is 4. The molecule has 0 bridgehead atoms. The largest absolute Gasteiger partial charge is 0.229 e. The van der Waals surface area contributed by atoms with Crippen LogP contribution in [0.5, 0.6) is 0 Å². The van der Waals surface area contributed by atoms with E-state index in [4.69, 9.17) is 0 Å². The zero-order valence-electron chi connectivity index (χ0n) is 7.47. The molecule has 0 fully saturated rings. The maximum atomic E-state index is 10.8. The second kappa shape index (κ2) is 7.79. The van der Waals surface area contributed by atoms with E-state index < -0.39 is 9.84 Å². The summed E-state index contributed by atoms with van der Waals surface area (Å²) in [6.45, 7) is 9.76. The predicted octanol–water partition coefficient (Wildman–Crippen LogP) is 2.02. The van der Waals surface area contributed by atoms with Gasteiger partial charge in [-0.3, -0.25) is 0 Å². The minimum atomic E-state index is -2.68. The molecule has 0 atom stereocenters. The second-order valence-corrected chi connectivity index (χ2v) is 4.46. The van der Waals surface area contributed by atoms with Crippen LogP contribution in [0.4, 0.5) is 0 Å². The van der Waals surface area contributed by atoms with Crippen molar-refractivity contribution in [1.29, 1.82) is 0 Å². The van der Waals surface area contributed by atoms with Crippen LogP contribution in [0.15, 0.2) is 13.2 Å². The van der Waals surface area contributed by atoms with Gasteiger partial charge in [0.15, 0.2) is 0 Å². The lowest BCUT2D eigenvalue weighted by Gasteiger charge is -1.96. The monoisotopic (exact) mass is 178 g/mol. The van der Waals surface area contributed by atoms with Gasteiger partial charge in [-0.1, -0.05) is 13.8 Å². The van der Waals surface area contributed by atoms with Crippen molar-refractivity contribution in [2.24, 2.45) is 0 Å². The fraction of sp³-hybridized carbons (Fsp3) is 0.750. The molecule has 3 heteroatoms. The third-order valence-corrected chi connectivity index (χ3v) is 3.09. The van der Waals surface area contributed by atoms with Crippen LogP contribution < -0.4 is 0 Å². The maximum absolute atomic E-state index is 10.8. The summed E-state index contributed by atoms with van der Waals surface area (Å²) in [5, 5.41) is 0. The molecule has 0 rings (SSSR count). The van der Waals surface area contributed by atoms with Crippen LogP contribution in [0.3, 0.4) is 0 Å². The molecule has 0 aliphatic carbocycles. The van der Waals surface area contributed by atoms with Crippen molar-refractivity contribution in [1.82, 2.24) is 0 Å². The normalized spacial score (nSPS) is 10.0. The van der Waals surface area contributed by atoms with Crippen LogP contribution in [-0.4, -0.2) is 19.9 Å². The van der Waals surface area contributed by atoms with E-state index in [1.165, 1.54) is 0 Å². The van der Waals surface area contributed by atoms with E-state index in [1.54, 1.807) is 0 Å². The molecule has 11 heavy (non-hydrogen) atoms. The Balaban J connectivity index is 0. The van der Waals surface area contributed by atoms with Crippen molar-refractivity contribution in [3.05, 3.63) is 13.2 Å². The Bertz CT molecular complexity index is 147. The molecule has 0 radical (unpaired) electrons. The van der Waals surface area contributed by atoms with Gasteiger partial charge in [0.2, 0.25) is 0 Å². The molecule has 0 aromatic rings. The fourth-order valence-electron chi connectivity index (χ4n) is 0.724. The number of hydrogen-bond acceptors (Lipinski definition) is 2. The molecular formula is C8H18O2S. The Morgan fingerprint density at radius 3 is 1.45 bits per heavy atom. The van der Waals surface area contributed by atoms with Gasteiger partial charge in [-0.25, -0.2) is 8.42 Å². The van der Waals surface area contributed by atoms with E-state index in [0.29, 0.717) is 11.5 Å². The van der Waals surface area contributed by atoms with Crippen LogP contribution in [0, 0.1) is 0 Å². The third kappa shape index (κ3) is 9.69. The van der Waals surface area contributed by atoms with Crippen LogP contribution >= 0.6 is 0 Å². The van der Waals surface area contributed by atoms with E-state index in [9.17, 15) is 8.42 Å². The maximum Gasteiger partial charge on any atom is 0.150 e. The summed E-state index contributed by atoms with van der Waals surface area (Å²) in [5.41, 5.74) is 0. The molecule has 0 aromatic heterocycles. The van der Waals surface area contributed by atoms with Crippen LogP contribution in [0.25, 0.3) is 0 Å². The van der Waals surface area contributed by atoms with Crippen LogP contribution in [-0.2, 0) is 9.84 Å². The summed E-state index contributed by atoms with van der Waals surface area (Å²) < 4.78 is 21.7. The van der Waals surface area contributed by atoms with Gasteiger partial charge in [0.25, 0.3) is 0 Å². The molecule has 0 aromatic carbocycles. The SMILES string of the molecule is C=C.CCCS(=O)(=O)CCC. The van der Waals surface area contributed by atoms with Crippen molar-refractivity contribution >= 4 is 9.84 Å². The standard InChI is InChI=1S/C6H14O2S.C2H4/c1-3-5-9(7,8)6-4-2;1-2/h3-6H2,1-2H3;1-2H2. The van der Waals surface area contributed by atoms with Crippen molar-refractivity contribution < 1.29 is 8.42 Å².